The molecule has 0 bridgehead atoms. The fourth-order valence-corrected chi connectivity index (χ4v) is 1.36. The van der Waals surface area contributed by atoms with Gasteiger partial charge < -0.3 is 16.4 Å². The average molecular weight is 250 g/mol. The maximum absolute atomic E-state index is 11.4. The third kappa shape index (κ3) is 5.63. The van der Waals surface area contributed by atoms with Crippen molar-refractivity contribution in [1.29, 1.82) is 0 Å². The summed E-state index contributed by atoms with van der Waals surface area (Å²) in [6.07, 6.45) is 2.85. The number of carbonyl (C=O) groups excluding carboxylic acids is 1. The Morgan fingerprint density at radius 1 is 1.44 bits per heavy atom. The fourth-order valence-electron chi connectivity index (χ4n) is 1.36. The van der Waals surface area contributed by atoms with E-state index in [4.69, 9.17) is 5.73 Å². The van der Waals surface area contributed by atoms with Crippen molar-refractivity contribution in [2.75, 3.05) is 23.7 Å². The Morgan fingerprint density at radius 2 is 2.22 bits per heavy atom. The summed E-state index contributed by atoms with van der Waals surface area (Å²) < 4.78 is 0. The molecule has 0 unspecified atom stereocenters. The summed E-state index contributed by atoms with van der Waals surface area (Å²) in [6, 6.07) is 3.71. The van der Waals surface area contributed by atoms with Crippen LogP contribution in [0.2, 0.25) is 0 Å². The molecule has 0 saturated carbocycles. The summed E-state index contributed by atoms with van der Waals surface area (Å²) >= 11 is 0. The maximum Gasteiger partial charge on any atom is 0.225 e. The topological polar surface area (TPSA) is 80.0 Å². The third-order valence-electron chi connectivity index (χ3n) is 2.35. The van der Waals surface area contributed by atoms with Crippen molar-refractivity contribution in [3.63, 3.8) is 0 Å². The van der Waals surface area contributed by atoms with Crippen molar-refractivity contribution in [2.24, 2.45) is 11.7 Å². The lowest BCUT2D eigenvalue weighted by Gasteiger charge is -2.09. The summed E-state index contributed by atoms with van der Waals surface area (Å²) in [4.78, 5) is 15.6. The van der Waals surface area contributed by atoms with Gasteiger partial charge in [-0.3, -0.25) is 4.79 Å². The van der Waals surface area contributed by atoms with Gasteiger partial charge in [-0.15, -0.1) is 0 Å². The van der Waals surface area contributed by atoms with Crippen LogP contribution in [0, 0.1) is 5.92 Å². The molecule has 1 aromatic heterocycles. The lowest BCUT2D eigenvalue weighted by Crippen LogP contribution is -2.14. The van der Waals surface area contributed by atoms with Crippen LogP contribution in [-0.4, -0.2) is 24.0 Å². The van der Waals surface area contributed by atoms with Gasteiger partial charge in [0, 0.05) is 13.0 Å². The van der Waals surface area contributed by atoms with Crippen LogP contribution >= 0.6 is 0 Å². The van der Waals surface area contributed by atoms with E-state index in [0.717, 1.165) is 12.2 Å². The number of nitrogens with zero attached hydrogens (tertiary/aromatic N) is 1. The standard InChI is InChI=1S/C13H22N4O/c1-10(2)8-15-11-5-6-12(16-9-11)17-13(18)4-3-7-14/h5-6,9-10,15H,3-4,7-8,14H2,1-2H3,(H,16,17,18). The van der Waals surface area contributed by atoms with E-state index in [1.165, 1.54) is 0 Å². The molecule has 5 nitrogen and oxygen atoms in total. The number of pyridine rings is 1. The smallest absolute Gasteiger partial charge is 0.225 e. The van der Waals surface area contributed by atoms with Crippen LogP contribution in [0.4, 0.5) is 11.5 Å². The lowest BCUT2D eigenvalue weighted by molar-refractivity contribution is -0.116. The van der Waals surface area contributed by atoms with Crippen LogP contribution in [0.1, 0.15) is 26.7 Å². The number of anilines is 2. The highest BCUT2D eigenvalue weighted by Crippen LogP contribution is 2.10. The first kappa shape index (κ1) is 14.4. The van der Waals surface area contributed by atoms with E-state index in [9.17, 15) is 4.79 Å². The Morgan fingerprint density at radius 3 is 2.78 bits per heavy atom. The fraction of sp³-hybridized carbons (Fsp3) is 0.538. The summed E-state index contributed by atoms with van der Waals surface area (Å²) in [5.74, 6) is 1.11. The molecule has 0 atom stereocenters. The zero-order valence-corrected chi connectivity index (χ0v) is 11.1. The normalized spacial score (nSPS) is 10.4. The number of amides is 1. The summed E-state index contributed by atoms with van der Waals surface area (Å²) in [7, 11) is 0. The number of hydrogen-bond acceptors (Lipinski definition) is 4. The van der Waals surface area contributed by atoms with Crippen molar-refractivity contribution in [1.82, 2.24) is 4.98 Å². The monoisotopic (exact) mass is 250 g/mol. The van der Waals surface area contributed by atoms with Gasteiger partial charge in [-0.2, -0.15) is 0 Å². The van der Waals surface area contributed by atoms with Gasteiger partial charge in [0.05, 0.1) is 11.9 Å². The van der Waals surface area contributed by atoms with Gasteiger partial charge in [0.25, 0.3) is 0 Å². The molecule has 0 aliphatic rings. The Labute approximate surface area is 108 Å². The van der Waals surface area contributed by atoms with E-state index >= 15 is 0 Å². The van der Waals surface area contributed by atoms with Crippen LogP contribution in [0.15, 0.2) is 18.3 Å². The van der Waals surface area contributed by atoms with Crippen LogP contribution in [-0.2, 0) is 4.79 Å². The number of rotatable bonds is 7. The van der Waals surface area contributed by atoms with E-state index in [1.54, 1.807) is 12.3 Å². The molecule has 5 heteroatoms. The number of nitrogens with one attached hydrogen (secondary N) is 2. The highest BCUT2D eigenvalue weighted by atomic mass is 16.1. The molecule has 0 fully saturated rings. The molecule has 0 aliphatic carbocycles. The molecule has 1 rings (SSSR count). The molecule has 18 heavy (non-hydrogen) atoms. The minimum atomic E-state index is -0.0455. The Hall–Kier alpha value is -1.62. The van der Waals surface area contributed by atoms with Crippen molar-refractivity contribution in [3.8, 4) is 0 Å². The quantitative estimate of drug-likeness (QED) is 0.689. The second kappa shape index (κ2) is 7.66. The van der Waals surface area contributed by atoms with Crippen LogP contribution < -0.4 is 16.4 Å². The van der Waals surface area contributed by atoms with E-state index in [1.807, 2.05) is 6.07 Å². The van der Waals surface area contributed by atoms with E-state index in [-0.39, 0.29) is 5.91 Å². The molecular formula is C13H22N4O. The molecule has 1 aromatic rings. The van der Waals surface area contributed by atoms with Crippen molar-refractivity contribution in [2.45, 2.75) is 26.7 Å². The summed E-state index contributed by atoms with van der Waals surface area (Å²) in [5, 5.41) is 6.00. The minimum absolute atomic E-state index is 0.0455. The number of carbonyl (C=O) groups is 1. The molecule has 0 radical (unpaired) electrons. The average Bonchev–Trinajstić information content (AvgIpc) is 2.35. The van der Waals surface area contributed by atoms with Gasteiger partial charge in [0.15, 0.2) is 0 Å². The lowest BCUT2D eigenvalue weighted by atomic mass is 10.2. The van der Waals surface area contributed by atoms with Gasteiger partial charge in [0.1, 0.15) is 5.82 Å². The van der Waals surface area contributed by atoms with Crippen LogP contribution in [0.25, 0.3) is 0 Å². The SMILES string of the molecule is CC(C)CNc1ccc(NC(=O)CCCN)nc1. The van der Waals surface area contributed by atoms with Gasteiger partial charge >= 0.3 is 0 Å². The highest BCUT2D eigenvalue weighted by molar-refractivity contribution is 5.89. The van der Waals surface area contributed by atoms with E-state index < -0.39 is 0 Å². The Bertz CT molecular complexity index is 362. The molecular weight excluding hydrogens is 228 g/mol. The molecule has 4 N–H and O–H groups in total. The second-order valence-electron chi connectivity index (χ2n) is 4.65. The van der Waals surface area contributed by atoms with Crippen LogP contribution in [0.5, 0.6) is 0 Å². The summed E-state index contributed by atoms with van der Waals surface area (Å²) in [5.41, 5.74) is 6.31. The van der Waals surface area contributed by atoms with E-state index in [0.29, 0.717) is 31.1 Å². The van der Waals surface area contributed by atoms with Crippen molar-refractivity contribution < 1.29 is 4.79 Å². The van der Waals surface area contributed by atoms with Crippen LogP contribution in [0.3, 0.4) is 0 Å². The second-order valence-corrected chi connectivity index (χ2v) is 4.65. The Kier molecular flexibility index (Phi) is 6.14. The minimum Gasteiger partial charge on any atom is -0.384 e. The first-order chi connectivity index (χ1) is 8.61. The molecule has 0 aliphatic heterocycles. The van der Waals surface area contributed by atoms with Gasteiger partial charge in [0.2, 0.25) is 5.91 Å². The van der Waals surface area contributed by atoms with Crippen molar-refractivity contribution in [3.05, 3.63) is 18.3 Å². The van der Waals surface area contributed by atoms with E-state index in [2.05, 4.69) is 29.5 Å². The number of aromatic nitrogens is 1. The molecule has 100 valence electrons. The van der Waals surface area contributed by atoms with Gasteiger partial charge in [-0.25, -0.2) is 4.98 Å². The predicted octanol–water partition coefficient (Wildman–Crippen LogP) is 1.83. The third-order valence-corrected chi connectivity index (χ3v) is 2.35. The zero-order chi connectivity index (χ0) is 13.4. The molecule has 1 amide bonds. The summed E-state index contributed by atoms with van der Waals surface area (Å²) in [6.45, 7) is 5.72. The maximum atomic E-state index is 11.4. The Balaban J connectivity index is 2.42. The molecule has 0 aromatic carbocycles. The predicted molar refractivity (Wildman–Crippen MR) is 74.5 cm³/mol. The first-order valence-electron chi connectivity index (χ1n) is 6.31. The number of hydrogen-bond donors (Lipinski definition) is 3. The number of nitrogens with two attached hydrogens (primary N) is 1. The molecule has 0 spiro atoms. The van der Waals surface area contributed by atoms with Gasteiger partial charge in [-0.1, -0.05) is 13.8 Å². The van der Waals surface area contributed by atoms with Gasteiger partial charge in [-0.05, 0) is 31.0 Å². The molecule has 1 heterocycles. The van der Waals surface area contributed by atoms with Crippen molar-refractivity contribution >= 4 is 17.4 Å². The largest absolute Gasteiger partial charge is 0.384 e. The zero-order valence-electron chi connectivity index (χ0n) is 11.1. The first-order valence-corrected chi connectivity index (χ1v) is 6.31. The molecule has 0 saturated heterocycles. The highest BCUT2D eigenvalue weighted by Gasteiger charge is 2.02.